The third-order valence-electron chi connectivity index (χ3n) is 3.57. The summed E-state index contributed by atoms with van der Waals surface area (Å²) >= 11 is 1.50. The minimum atomic E-state index is -1.83. The lowest BCUT2D eigenvalue weighted by Gasteiger charge is -2.36. The highest BCUT2D eigenvalue weighted by Gasteiger charge is 2.39. The molecular weight excluding hydrogens is 260 g/mol. The average molecular weight is 280 g/mol. The number of aromatic nitrogens is 1. The molecule has 0 amide bonds. The Morgan fingerprint density at radius 3 is 2.56 bits per heavy atom. The number of anilines is 1. The van der Waals surface area contributed by atoms with Crippen molar-refractivity contribution in [1.82, 2.24) is 4.98 Å². The zero-order chi connectivity index (χ0) is 13.6. The van der Waals surface area contributed by atoms with Crippen LogP contribution in [0.15, 0.2) is 18.2 Å². The fourth-order valence-electron chi connectivity index (χ4n) is 1.45. The molecule has 0 atom stereocenters. The lowest BCUT2D eigenvalue weighted by atomic mass is 10.2. The van der Waals surface area contributed by atoms with Crippen LogP contribution in [0.25, 0.3) is 10.2 Å². The van der Waals surface area contributed by atoms with Crippen LogP contribution in [0.4, 0.5) is 5.13 Å². The molecule has 0 unspecified atom stereocenters. The van der Waals surface area contributed by atoms with Crippen LogP contribution in [0, 0.1) is 0 Å². The van der Waals surface area contributed by atoms with Crippen LogP contribution < -0.4 is 10.2 Å². The lowest BCUT2D eigenvalue weighted by molar-refractivity contribution is 0.496. The summed E-state index contributed by atoms with van der Waals surface area (Å²) in [6.45, 7) is 11.2. The summed E-state index contributed by atoms with van der Waals surface area (Å²) in [6, 6.07) is 6.02. The molecule has 1 aromatic heterocycles. The van der Waals surface area contributed by atoms with Crippen molar-refractivity contribution in [2.75, 3.05) is 5.73 Å². The van der Waals surface area contributed by atoms with Gasteiger partial charge in [-0.1, -0.05) is 38.2 Å². The number of nitrogens with zero attached hydrogens (tertiary/aromatic N) is 1. The highest BCUT2D eigenvalue weighted by molar-refractivity contribution is 7.22. The molecular formula is C13H20N2OSSi. The zero-order valence-electron chi connectivity index (χ0n) is 11.6. The maximum atomic E-state index is 6.32. The monoisotopic (exact) mass is 280 g/mol. The molecule has 2 aromatic rings. The molecule has 1 aromatic carbocycles. The molecule has 0 spiro atoms. The largest absolute Gasteiger partial charge is 0.542 e. The topological polar surface area (TPSA) is 48.1 Å². The molecule has 2 rings (SSSR count). The van der Waals surface area contributed by atoms with Gasteiger partial charge in [-0.2, -0.15) is 0 Å². The number of nitrogen functional groups attached to an aromatic ring is 1. The van der Waals surface area contributed by atoms with E-state index in [9.17, 15) is 0 Å². The first-order chi connectivity index (χ1) is 8.21. The molecule has 98 valence electrons. The molecule has 1 heterocycles. The number of rotatable bonds is 2. The minimum absolute atomic E-state index is 0.177. The van der Waals surface area contributed by atoms with Crippen molar-refractivity contribution < 1.29 is 4.43 Å². The van der Waals surface area contributed by atoms with Gasteiger partial charge in [-0.05, 0) is 30.3 Å². The van der Waals surface area contributed by atoms with Gasteiger partial charge in [0.05, 0.1) is 4.70 Å². The van der Waals surface area contributed by atoms with E-state index in [1.54, 1.807) is 0 Å². The molecule has 18 heavy (non-hydrogen) atoms. The minimum Gasteiger partial charge on any atom is -0.542 e. The van der Waals surface area contributed by atoms with E-state index in [1.165, 1.54) is 11.3 Å². The maximum absolute atomic E-state index is 6.32. The lowest BCUT2D eigenvalue weighted by Crippen LogP contribution is -2.43. The van der Waals surface area contributed by atoms with Crippen LogP contribution in [0.2, 0.25) is 18.1 Å². The molecule has 0 saturated heterocycles. The summed E-state index contributed by atoms with van der Waals surface area (Å²) in [6.07, 6.45) is 0. The molecule has 0 radical (unpaired) electrons. The summed E-state index contributed by atoms with van der Waals surface area (Å²) in [5.74, 6) is 0.868. The third-order valence-corrected chi connectivity index (χ3v) is 8.76. The van der Waals surface area contributed by atoms with Gasteiger partial charge in [0.1, 0.15) is 11.3 Å². The van der Waals surface area contributed by atoms with Crippen molar-refractivity contribution in [2.45, 2.75) is 38.9 Å². The predicted molar refractivity (Wildman–Crippen MR) is 81.9 cm³/mol. The second-order valence-electron chi connectivity index (χ2n) is 6.02. The van der Waals surface area contributed by atoms with Crippen molar-refractivity contribution in [3.05, 3.63) is 18.2 Å². The molecule has 0 fully saturated rings. The molecule has 0 bridgehead atoms. The van der Waals surface area contributed by atoms with Crippen LogP contribution >= 0.6 is 11.3 Å². The molecule has 0 saturated carbocycles. The van der Waals surface area contributed by atoms with E-state index in [1.807, 2.05) is 18.2 Å². The van der Waals surface area contributed by atoms with Gasteiger partial charge < -0.3 is 10.2 Å². The normalized spacial score (nSPS) is 12.9. The standard InChI is InChI=1S/C13H20N2OSSi/c1-13(2,3)18(4,5)16-9-7-6-8-10-11(9)15-12(14)17-10/h6-8H,1-5H3,(H2,14,15). The van der Waals surface area contributed by atoms with Crippen LogP contribution in [0.1, 0.15) is 20.8 Å². The Hall–Kier alpha value is -1.07. The Morgan fingerprint density at radius 2 is 1.94 bits per heavy atom. The SMILES string of the molecule is CC(C)(C)[Si](C)(C)Oc1cccc2sc(N)nc12. The van der Waals surface area contributed by atoms with Gasteiger partial charge >= 0.3 is 0 Å². The second-order valence-corrected chi connectivity index (χ2v) is 11.8. The first-order valence-corrected chi connectivity index (χ1v) is 9.77. The van der Waals surface area contributed by atoms with E-state index >= 15 is 0 Å². The number of thiazole rings is 1. The number of fused-ring (bicyclic) bond motifs is 1. The molecule has 0 aliphatic rings. The smallest absolute Gasteiger partial charge is 0.250 e. The highest BCUT2D eigenvalue weighted by Crippen LogP contribution is 2.39. The summed E-state index contributed by atoms with van der Waals surface area (Å²) in [7, 11) is -1.83. The van der Waals surface area contributed by atoms with Gasteiger partial charge in [0.25, 0.3) is 8.32 Å². The van der Waals surface area contributed by atoms with Crippen molar-refractivity contribution >= 4 is 35.0 Å². The van der Waals surface area contributed by atoms with Crippen LogP contribution in [0.5, 0.6) is 5.75 Å². The summed E-state index contributed by atoms with van der Waals surface area (Å²) in [4.78, 5) is 4.37. The van der Waals surface area contributed by atoms with Crippen molar-refractivity contribution in [1.29, 1.82) is 0 Å². The van der Waals surface area contributed by atoms with Crippen molar-refractivity contribution in [2.24, 2.45) is 0 Å². The number of hydrogen-bond acceptors (Lipinski definition) is 4. The van der Waals surface area contributed by atoms with E-state index in [4.69, 9.17) is 10.2 Å². The van der Waals surface area contributed by atoms with E-state index in [0.29, 0.717) is 5.13 Å². The van der Waals surface area contributed by atoms with E-state index in [0.717, 1.165) is 16.0 Å². The first kappa shape index (κ1) is 13.4. The predicted octanol–water partition coefficient (Wildman–Crippen LogP) is 4.26. The van der Waals surface area contributed by atoms with E-state index < -0.39 is 8.32 Å². The molecule has 0 aliphatic heterocycles. The molecule has 2 N–H and O–H groups in total. The van der Waals surface area contributed by atoms with Gasteiger partial charge in [-0.3, -0.25) is 0 Å². The van der Waals surface area contributed by atoms with Crippen molar-refractivity contribution in [3.63, 3.8) is 0 Å². The Kier molecular flexibility index (Phi) is 3.15. The number of para-hydroxylation sites is 1. The first-order valence-electron chi connectivity index (χ1n) is 6.05. The third kappa shape index (κ3) is 2.37. The quantitative estimate of drug-likeness (QED) is 0.836. The molecule has 0 aliphatic carbocycles. The maximum Gasteiger partial charge on any atom is 0.250 e. The molecule has 5 heteroatoms. The zero-order valence-corrected chi connectivity index (χ0v) is 13.4. The van der Waals surface area contributed by atoms with E-state index in [2.05, 4.69) is 38.8 Å². The summed E-state index contributed by atoms with van der Waals surface area (Å²) in [5, 5.41) is 0.771. The Morgan fingerprint density at radius 1 is 1.28 bits per heavy atom. The fraction of sp³-hybridized carbons (Fsp3) is 0.462. The highest BCUT2D eigenvalue weighted by atomic mass is 32.1. The Balaban J connectivity index is 2.44. The molecule has 3 nitrogen and oxygen atoms in total. The average Bonchev–Trinajstić information content (AvgIpc) is 2.57. The van der Waals surface area contributed by atoms with Gasteiger partial charge in [0.2, 0.25) is 0 Å². The summed E-state index contributed by atoms with van der Waals surface area (Å²) in [5.41, 5.74) is 6.67. The van der Waals surface area contributed by atoms with Crippen molar-refractivity contribution in [3.8, 4) is 5.75 Å². The fourth-order valence-corrected chi connectivity index (χ4v) is 3.22. The van der Waals surface area contributed by atoms with Gasteiger partial charge in [-0.25, -0.2) is 4.98 Å². The number of nitrogens with two attached hydrogens (primary N) is 1. The van der Waals surface area contributed by atoms with Crippen LogP contribution in [-0.4, -0.2) is 13.3 Å². The second kappa shape index (κ2) is 4.24. The van der Waals surface area contributed by atoms with Gasteiger partial charge in [0, 0.05) is 0 Å². The Labute approximate surface area is 113 Å². The van der Waals surface area contributed by atoms with E-state index in [-0.39, 0.29) is 5.04 Å². The number of benzene rings is 1. The number of hydrogen-bond donors (Lipinski definition) is 1. The van der Waals surface area contributed by atoms with Gasteiger partial charge in [-0.15, -0.1) is 0 Å². The van der Waals surface area contributed by atoms with Crippen LogP contribution in [-0.2, 0) is 0 Å². The summed E-state index contributed by atoms with van der Waals surface area (Å²) < 4.78 is 7.41. The Bertz CT molecular complexity index is 572. The van der Waals surface area contributed by atoms with Crippen LogP contribution in [0.3, 0.4) is 0 Å². The van der Waals surface area contributed by atoms with Gasteiger partial charge in [0.15, 0.2) is 5.13 Å².